The molecular formula is C24H31NO5S. The zero-order chi connectivity index (χ0) is 22.6. The molecule has 168 valence electrons. The van der Waals surface area contributed by atoms with Gasteiger partial charge < -0.3 is 14.4 Å². The van der Waals surface area contributed by atoms with Crippen molar-refractivity contribution in [1.29, 1.82) is 0 Å². The summed E-state index contributed by atoms with van der Waals surface area (Å²) in [6.45, 7) is 6.61. The van der Waals surface area contributed by atoms with Crippen LogP contribution in [-0.2, 0) is 26.6 Å². The van der Waals surface area contributed by atoms with Gasteiger partial charge in [-0.2, -0.15) is 0 Å². The van der Waals surface area contributed by atoms with Crippen molar-refractivity contribution in [3.63, 3.8) is 0 Å². The number of hydrogen-bond acceptors (Lipinski definition) is 5. The lowest BCUT2D eigenvalue weighted by atomic mass is 9.87. The van der Waals surface area contributed by atoms with Gasteiger partial charge in [0.1, 0.15) is 11.5 Å². The maximum absolute atomic E-state index is 13.0. The van der Waals surface area contributed by atoms with Crippen molar-refractivity contribution in [2.24, 2.45) is 0 Å². The molecule has 0 unspecified atom stereocenters. The van der Waals surface area contributed by atoms with Gasteiger partial charge in [-0.1, -0.05) is 45.0 Å². The van der Waals surface area contributed by atoms with Gasteiger partial charge >= 0.3 is 0 Å². The van der Waals surface area contributed by atoms with E-state index in [2.05, 4.69) is 20.8 Å². The number of rotatable bonds is 7. The minimum absolute atomic E-state index is 0.00479. The number of benzene rings is 2. The van der Waals surface area contributed by atoms with Gasteiger partial charge in [-0.3, -0.25) is 4.79 Å². The fourth-order valence-electron chi connectivity index (χ4n) is 3.65. The van der Waals surface area contributed by atoms with Crippen molar-refractivity contribution in [2.75, 3.05) is 25.2 Å². The van der Waals surface area contributed by atoms with E-state index in [1.807, 2.05) is 48.5 Å². The first-order valence-corrected chi connectivity index (χ1v) is 12.3. The number of sulfone groups is 1. The third-order valence-corrected chi connectivity index (χ3v) is 7.31. The molecule has 0 bridgehead atoms. The monoisotopic (exact) mass is 445 g/mol. The molecule has 1 atom stereocenters. The smallest absolute Gasteiger partial charge is 0.261 e. The lowest BCUT2D eigenvalue weighted by Gasteiger charge is -2.28. The average Bonchev–Trinajstić information content (AvgIpc) is 3.09. The Balaban J connectivity index is 1.71. The predicted molar refractivity (Wildman–Crippen MR) is 121 cm³/mol. The first kappa shape index (κ1) is 23.1. The normalized spacial score (nSPS) is 17.9. The Morgan fingerprint density at radius 2 is 1.65 bits per heavy atom. The number of carbonyl (C=O) groups excluding carboxylic acids is 1. The second kappa shape index (κ2) is 9.30. The van der Waals surface area contributed by atoms with Gasteiger partial charge in [0, 0.05) is 12.6 Å². The summed E-state index contributed by atoms with van der Waals surface area (Å²) in [4.78, 5) is 14.7. The zero-order valence-corrected chi connectivity index (χ0v) is 19.4. The van der Waals surface area contributed by atoms with Crippen LogP contribution in [-0.4, -0.2) is 50.5 Å². The van der Waals surface area contributed by atoms with E-state index >= 15 is 0 Å². The van der Waals surface area contributed by atoms with Crippen LogP contribution in [0.1, 0.15) is 38.3 Å². The van der Waals surface area contributed by atoms with E-state index in [0.717, 1.165) is 11.3 Å². The second-order valence-corrected chi connectivity index (χ2v) is 11.2. The third-order valence-electron chi connectivity index (χ3n) is 5.56. The highest BCUT2D eigenvalue weighted by Crippen LogP contribution is 2.25. The quantitative estimate of drug-likeness (QED) is 0.651. The molecule has 7 heteroatoms. The van der Waals surface area contributed by atoms with Gasteiger partial charge in [-0.25, -0.2) is 8.42 Å². The lowest BCUT2D eigenvalue weighted by Crippen LogP contribution is -2.43. The highest BCUT2D eigenvalue weighted by molar-refractivity contribution is 7.91. The molecule has 6 nitrogen and oxygen atoms in total. The molecule has 0 saturated carbocycles. The van der Waals surface area contributed by atoms with Crippen molar-refractivity contribution < 1.29 is 22.7 Å². The minimum Gasteiger partial charge on any atom is -0.497 e. The molecule has 0 N–H and O–H groups in total. The number of carbonyl (C=O) groups is 1. The van der Waals surface area contributed by atoms with Crippen molar-refractivity contribution in [2.45, 2.75) is 45.2 Å². The van der Waals surface area contributed by atoms with E-state index in [1.54, 1.807) is 12.0 Å². The molecule has 3 rings (SSSR count). The fourth-order valence-corrected chi connectivity index (χ4v) is 5.38. The minimum atomic E-state index is -3.12. The topological polar surface area (TPSA) is 72.9 Å². The highest BCUT2D eigenvalue weighted by atomic mass is 32.2. The van der Waals surface area contributed by atoms with E-state index < -0.39 is 9.84 Å². The van der Waals surface area contributed by atoms with E-state index in [0.29, 0.717) is 18.7 Å². The maximum atomic E-state index is 13.0. The summed E-state index contributed by atoms with van der Waals surface area (Å²) >= 11 is 0. The number of nitrogens with zero attached hydrogens (tertiary/aromatic N) is 1. The summed E-state index contributed by atoms with van der Waals surface area (Å²) < 4.78 is 34.9. The zero-order valence-electron chi connectivity index (χ0n) is 18.6. The van der Waals surface area contributed by atoms with Gasteiger partial charge in [0.2, 0.25) is 0 Å². The molecule has 1 amide bonds. The molecule has 1 aliphatic heterocycles. The number of amides is 1. The SMILES string of the molecule is COc1ccc(CN(C(=O)COc2ccc(C(C)(C)C)cc2)[C@H]2CCS(=O)(=O)C2)cc1. The van der Waals surface area contributed by atoms with Crippen molar-refractivity contribution in [3.8, 4) is 11.5 Å². The van der Waals surface area contributed by atoms with Crippen LogP contribution >= 0.6 is 0 Å². The summed E-state index contributed by atoms with van der Waals surface area (Å²) in [5.41, 5.74) is 2.13. The molecule has 1 aliphatic rings. The number of ether oxygens (including phenoxy) is 2. The molecule has 1 fully saturated rings. The Morgan fingerprint density at radius 1 is 1.03 bits per heavy atom. The highest BCUT2D eigenvalue weighted by Gasteiger charge is 2.34. The van der Waals surface area contributed by atoms with Gasteiger partial charge in [-0.15, -0.1) is 0 Å². The second-order valence-electron chi connectivity index (χ2n) is 8.99. The first-order valence-electron chi connectivity index (χ1n) is 10.4. The van der Waals surface area contributed by atoms with Crippen LogP contribution in [0, 0.1) is 0 Å². The molecule has 0 radical (unpaired) electrons. The molecule has 0 aromatic heterocycles. The Morgan fingerprint density at radius 3 is 2.16 bits per heavy atom. The van der Waals surface area contributed by atoms with Crippen LogP contribution in [0.4, 0.5) is 0 Å². The number of methoxy groups -OCH3 is 1. The summed E-state index contributed by atoms with van der Waals surface area (Å²) in [6, 6.07) is 14.8. The molecular weight excluding hydrogens is 414 g/mol. The van der Waals surface area contributed by atoms with E-state index in [9.17, 15) is 13.2 Å². The Labute approximate surface area is 185 Å². The molecule has 0 aliphatic carbocycles. The maximum Gasteiger partial charge on any atom is 0.261 e. The molecule has 2 aromatic carbocycles. The van der Waals surface area contributed by atoms with Crippen LogP contribution in [0.15, 0.2) is 48.5 Å². The number of hydrogen-bond donors (Lipinski definition) is 0. The Kier molecular flexibility index (Phi) is 6.94. The van der Waals surface area contributed by atoms with E-state index in [1.165, 1.54) is 5.56 Å². The largest absolute Gasteiger partial charge is 0.497 e. The van der Waals surface area contributed by atoms with Gasteiger partial charge in [0.05, 0.1) is 18.6 Å². The summed E-state index contributed by atoms with van der Waals surface area (Å²) in [5.74, 6) is 1.23. The predicted octanol–water partition coefficient (Wildman–Crippen LogP) is 3.59. The fraction of sp³-hybridized carbons (Fsp3) is 0.458. The van der Waals surface area contributed by atoms with E-state index in [4.69, 9.17) is 9.47 Å². The van der Waals surface area contributed by atoms with Gasteiger partial charge in [0.15, 0.2) is 16.4 Å². The molecule has 1 heterocycles. The van der Waals surface area contributed by atoms with Crippen LogP contribution < -0.4 is 9.47 Å². The Bertz CT molecular complexity index is 992. The van der Waals surface area contributed by atoms with Gasteiger partial charge in [-0.05, 0) is 47.2 Å². The molecule has 1 saturated heterocycles. The van der Waals surface area contributed by atoms with Crippen molar-refractivity contribution in [1.82, 2.24) is 4.90 Å². The molecule has 31 heavy (non-hydrogen) atoms. The average molecular weight is 446 g/mol. The van der Waals surface area contributed by atoms with Crippen LogP contribution in [0.25, 0.3) is 0 Å². The lowest BCUT2D eigenvalue weighted by molar-refractivity contribution is -0.136. The van der Waals surface area contributed by atoms with Gasteiger partial charge in [0.25, 0.3) is 5.91 Å². The van der Waals surface area contributed by atoms with Crippen LogP contribution in [0.5, 0.6) is 11.5 Å². The summed E-state index contributed by atoms with van der Waals surface area (Å²) in [6.07, 6.45) is 0.449. The van der Waals surface area contributed by atoms with Crippen molar-refractivity contribution >= 4 is 15.7 Å². The van der Waals surface area contributed by atoms with Crippen molar-refractivity contribution in [3.05, 3.63) is 59.7 Å². The summed E-state index contributed by atoms with van der Waals surface area (Å²) in [7, 11) is -1.52. The van der Waals surface area contributed by atoms with E-state index in [-0.39, 0.29) is 35.5 Å². The molecule has 2 aromatic rings. The third kappa shape index (κ3) is 6.23. The first-order chi connectivity index (χ1) is 14.6. The Hall–Kier alpha value is -2.54. The standard InChI is InChI=1S/C24H31NO5S/c1-24(2,3)19-7-11-22(12-8-19)30-16-23(26)25(20-13-14-31(27,28)17-20)15-18-5-9-21(29-4)10-6-18/h5-12,20H,13-17H2,1-4H3/t20-/m0/s1. The summed E-state index contributed by atoms with van der Waals surface area (Å²) in [5, 5.41) is 0. The van der Waals surface area contributed by atoms with Crippen LogP contribution in [0.2, 0.25) is 0 Å². The molecule has 0 spiro atoms. The van der Waals surface area contributed by atoms with Crippen LogP contribution in [0.3, 0.4) is 0 Å².